The maximum Gasteiger partial charge on any atom is 0.663 e. The predicted molar refractivity (Wildman–Crippen MR) is 48.8 cm³/mol. The van der Waals surface area contributed by atoms with Crippen LogP contribution in [0.15, 0.2) is 4.66 Å². The second kappa shape index (κ2) is 6.94. The van der Waals surface area contributed by atoms with Gasteiger partial charge in [0, 0.05) is 20.8 Å². The van der Waals surface area contributed by atoms with Crippen molar-refractivity contribution in [3.8, 4) is 0 Å². The van der Waals surface area contributed by atoms with Crippen molar-refractivity contribution in [1.29, 1.82) is 0 Å². The third kappa shape index (κ3) is 4.30. The van der Waals surface area contributed by atoms with Crippen LogP contribution >= 0.6 is 0 Å². The van der Waals surface area contributed by atoms with E-state index in [0.29, 0.717) is 6.61 Å². The lowest BCUT2D eigenvalue weighted by Crippen LogP contribution is -2.42. The van der Waals surface area contributed by atoms with Gasteiger partial charge < -0.3 is 13.3 Å². The molecule has 0 rings (SSSR count). The minimum absolute atomic E-state index is 0.482. The molecule has 0 radical (unpaired) electrons. The molecular weight excluding hydrogens is 190 g/mol. The molecule has 0 saturated carbocycles. The average molecular weight is 205 g/mol. The van der Waals surface area contributed by atoms with Crippen LogP contribution in [-0.2, 0) is 18.1 Å². The summed E-state index contributed by atoms with van der Waals surface area (Å²) in [5.41, 5.74) is 0. The Bertz CT molecular complexity index is 177. The molecule has 0 unspecified atom stereocenters. The van der Waals surface area contributed by atoms with Gasteiger partial charge in [0.2, 0.25) is 6.08 Å². The fourth-order valence-corrected chi connectivity index (χ4v) is 1.89. The van der Waals surface area contributed by atoms with Crippen molar-refractivity contribution < 1.29 is 18.1 Å². The van der Waals surface area contributed by atoms with Crippen LogP contribution in [0.1, 0.15) is 19.8 Å². The molecule has 0 amide bonds. The highest BCUT2D eigenvalue weighted by Gasteiger charge is 2.41. The summed E-state index contributed by atoms with van der Waals surface area (Å²) in [7, 11) is -0.269. The molecule has 0 aliphatic rings. The summed E-state index contributed by atoms with van der Waals surface area (Å²) in [5.74, 6) is 0. The third-order valence-electron chi connectivity index (χ3n) is 1.48. The molecule has 0 aromatic rings. The van der Waals surface area contributed by atoms with E-state index in [-0.39, 0.29) is 0 Å². The van der Waals surface area contributed by atoms with Crippen molar-refractivity contribution in [2.24, 2.45) is 4.66 Å². The van der Waals surface area contributed by atoms with Crippen LogP contribution < -0.4 is 0 Å². The van der Waals surface area contributed by atoms with Crippen molar-refractivity contribution in [1.82, 2.24) is 0 Å². The number of hydrogen-bond acceptors (Lipinski definition) is 5. The van der Waals surface area contributed by atoms with Gasteiger partial charge in [-0.15, -0.1) is 0 Å². The van der Waals surface area contributed by atoms with Gasteiger partial charge >= 0.3 is 8.97 Å². The molecule has 0 heterocycles. The molecule has 0 fully saturated rings. The number of unbranched alkanes of at least 4 members (excludes halogenated alkanes) is 1. The first-order valence-electron chi connectivity index (χ1n) is 4.08. The van der Waals surface area contributed by atoms with Gasteiger partial charge in [-0.3, -0.25) is 0 Å². The molecule has 13 heavy (non-hydrogen) atoms. The molecule has 5 nitrogen and oxygen atoms in total. The van der Waals surface area contributed by atoms with Crippen LogP contribution in [0.25, 0.3) is 0 Å². The van der Waals surface area contributed by atoms with Crippen LogP contribution in [0, 0.1) is 0 Å². The Balaban J connectivity index is 4.13. The fraction of sp³-hybridized carbons (Fsp3) is 0.857. The minimum atomic E-state index is -3.08. The van der Waals surface area contributed by atoms with Crippen molar-refractivity contribution in [3.05, 3.63) is 0 Å². The molecule has 0 spiro atoms. The highest BCUT2D eigenvalue weighted by Crippen LogP contribution is 2.08. The number of carbonyl (C=O) groups excluding carboxylic acids is 1. The molecule has 0 bridgehead atoms. The summed E-state index contributed by atoms with van der Waals surface area (Å²) in [5, 5.41) is 0. The highest BCUT2D eigenvalue weighted by molar-refractivity contribution is 6.59. The van der Waals surface area contributed by atoms with E-state index in [2.05, 4.69) is 4.66 Å². The largest absolute Gasteiger partial charge is 0.663 e. The first-order chi connectivity index (χ1) is 6.24. The second-order valence-electron chi connectivity index (χ2n) is 2.34. The lowest BCUT2D eigenvalue weighted by atomic mass is 10.4. The van der Waals surface area contributed by atoms with Gasteiger partial charge in [-0.05, 0) is 6.42 Å². The van der Waals surface area contributed by atoms with Crippen LogP contribution in [0.2, 0.25) is 0 Å². The fourth-order valence-electron chi connectivity index (χ4n) is 0.726. The summed E-state index contributed by atoms with van der Waals surface area (Å²) in [6, 6.07) is 0. The van der Waals surface area contributed by atoms with E-state index in [4.69, 9.17) is 13.3 Å². The molecule has 0 aromatic carbocycles. The summed E-state index contributed by atoms with van der Waals surface area (Å²) in [4.78, 5) is 10.1. The summed E-state index contributed by atoms with van der Waals surface area (Å²) >= 11 is 0. The lowest BCUT2D eigenvalue weighted by Gasteiger charge is -2.18. The molecule has 0 atom stereocenters. The van der Waals surface area contributed by atoms with Crippen molar-refractivity contribution >= 4 is 15.0 Å². The van der Waals surface area contributed by atoms with E-state index in [1.807, 2.05) is 6.92 Å². The van der Waals surface area contributed by atoms with Crippen LogP contribution in [0.3, 0.4) is 0 Å². The van der Waals surface area contributed by atoms with Crippen LogP contribution in [0.4, 0.5) is 0 Å². The highest BCUT2D eigenvalue weighted by atomic mass is 28.4. The Morgan fingerprint density at radius 3 is 2.38 bits per heavy atom. The Hall–Kier alpha value is -0.523. The second-order valence-corrected chi connectivity index (χ2v) is 4.71. The third-order valence-corrected chi connectivity index (χ3v) is 3.45. The van der Waals surface area contributed by atoms with E-state index < -0.39 is 8.97 Å². The zero-order valence-corrected chi connectivity index (χ0v) is 9.20. The summed E-state index contributed by atoms with van der Waals surface area (Å²) in [6.07, 6.45) is 3.29. The Labute approximate surface area is 79.2 Å². The van der Waals surface area contributed by atoms with Gasteiger partial charge in [0.1, 0.15) is 0 Å². The minimum Gasteiger partial charge on any atom is -0.358 e. The number of rotatable bonds is 7. The zero-order valence-electron chi connectivity index (χ0n) is 8.20. The Morgan fingerprint density at radius 1 is 1.38 bits per heavy atom. The molecule has 0 aromatic heterocycles. The molecular formula is C7H15NO4Si. The maximum atomic E-state index is 10.1. The Morgan fingerprint density at radius 2 is 2.00 bits per heavy atom. The van der Waals surface area contributed by atoms with Crippen molar-refractivity contribution in [3.63, 3.8) is 0 Å². The summed E-state index contributed by atoms with van der Waals surface area (Å²) in [6.45, 7) is 2.52. The molecule has 0 aliphatic heterocycles. The van der Waals surface area contributed by atoms with E-state index >= 15 is 0 Å². The molecule has 6 heteroatoms. The predicted octanol–water partition coefficient (Wildman–Crippen LogP) is 0.867. The normalized spacial score (nSPS) is 11.0. The SMILES string of the molecule is CCCCO[Si](N=C=O)(OC)OC. The number of isocyanates is 1. The quantitative estimate of drug-likeness (QED) is 0.268. The van der Waals surface area contributed by atoms with Gasteiger partial charge in [-0.1, -0.05) is 13.3 Å². The molecule has 76 valence electrons. The van der Waals surface area contributed by atoms with Crippen LogP contribution in [-0.4, -0.2) is 35.9 Å². The van der Waals surface area contributed by atoms with Crippen molar-refractivity contribution in [2.75, 3.05) is 20.8 Å². The van der Waals surface area contributed by atoms with Gasteiger partial charge in [-0.25, -0.2) is 4.79 Å². The van der Waals surface area contributed by atoms with Gasteiger partial charge in [0.05, 0.1) is 0 Å². The smallest absolute Gasteiger partial charge is 0.358 e. The Kier molecular flexibility index (Phi) is 6.66. The van der Waals surface area contributed by atoms with E-state index in [1.54, 1.807) is 0 Å². The average Bonchev–Trinajstić information content (AvgIpc) is 2.17. The van der Waals surface area contributed by atoms with E-state index in [9.17, 15) is 4.79 Å². The van der Waals surface area contributed by atoms with E-state index in [0.717, 1.165) is 12.8 Å². The molecule has 0 aliphatic carbocycles. The summed E-state index contributed by atoms with van der Waals surface area (Å²) < 4.78 is 18.6. The first-order valence-corrected chi connectivity index (χ1v) is 5.75. The standard InChI is InChI=1S/C7H15NO4Si/c1-4-5-6-12-13(10-2,11-3)8-7-9/h4-6H2,1-3H3. The maximum absolute atomic E-state index is 10.1. The first kappa shape index (κ1) is 12.5. The van der Waals surface area contributed by atoms with Crippen LogP contribution in [0.5, 0.6) is 0 Å². The van der Waals surface area contributed by atoms with Gasteiger partial charge in [0.25, 0.3) is 0 Å². The zero-order chi connectivity index (χ0) is 10.2. The number of hydrogen-bond donors (Lipinski definition) is 0. The monoisotopic (exact) mass is 205 g/mol. The van der Waals surface area contributed by atoms with E-state index in [1.165, 1.54) is 20.3 Å². The number of nitrogens with zero attached hydrogens (tertiary/aromatic N) is 1. The van der Waals surface area contributed by atoms with Crippen molar-refractivity contribution in [2.45, 2.75) is 19.8 Å². The molecule has 0 saturated heterocycles. The lowest BCUT2D eigenvalue weighted by molar-refractivity contribution is 0.0988. The molecule has 0 N–H and O–H groups in total. The topological polar surface area (TPSA) is 57.1 Å². The van der Waals surface area contributed by atoms with Gasteiger partial charge in [0.15, 0.2) is 0 Å². The van der Waals surface area contributed by atoms with Gasteiger partial charge in [-0.2, -0.15) is 4.66 Å².